The molecule has 0 atom stereocenters. The van der Waals surface area contributed by atoms with Gasteiger partial charge in [0.25, 0.3) is 0 Å². The lowest BCUT2D eigenvalue weighted by molar-refractivity contribution is 0.192. The number of guanidine groups is 1. The molecule has 0 bridgehead atoms. The molecule has 0 saturated carbocycles. The first-order chi connectivity index (χ1) is 11.7. The van der Waals surface area contributed by atoms with Crippen molar-refractivity contribution in [3.05, 3.63) is 29.8 Å². The van der Waals surface area contributed by atoms with Crippen LogP contribution in [0.3, 0.4) is 0 Å². The van der Waals surface area contributed by atoms with E-state index in [9.17, 15) is 0 Å². The Morgan fingerprint density at radius 3 is 2.50 bits per heavy atom. The summed E-state index contributed by atoms with van der Waals surface area (Å²) in [6, 6.07) is 8.25. The second-order valence-corrected chi connectivity index (χ2v) is 5.72. The molecule has 1 rings (SSSR count). The van der Waals surface area contributed by atoms with Crippen LogP contribution in [-0.4, -0.2) is 51.3 Å². The van der Waals surface area contributed by atoms with Gasteiger partial charge in [-0.25, -0.2) is 0 Å². The molecule has 0 aliphatic rings. The van der Waals surface area contributed by atoms with Crippen LogP contribution in [0.5, 0.6) is 5.75 Å². The summed E-state index contributed by atoms with van der Waals surface area (Å²) in [5, 5.41) is 3.36. The summed E-state index contributed by atoms with van der Waals surface area (Å²) in [7, 11) is 3.82. The Balaban J connectivity index is 2.50. The van der Waals surface area contributed by atoms with Crippen molar-refractivity contribution in [2.24, 2.45) is 4.99 Å². The van der Waals surface area contributed by atoms with Crippen molar-refractivity contribution in [3.63, 3.8) is 0 Å². The molecule has 0 aromatic heterocycles. The van der Waals surface area contributed by atoms with E-state index < -0.39 is 0 Å². The highest BCUT2D eigenvalue weighted by Gasteiger charge is 2.06. The maximum atomic E-state index is 5.49. The van der Waals surface area contributed by atoms with Crippen LogP contribution >= 0.6 is 0 Å². The van der Waals surface area contributed by atoms with E-state index in [1.807, 2.05) is 19.1 Å². The molecule has 1 aromatic rings. The molecule has 0 amide bonds. The third-order valence-electron chi connectivity index (χ3n) is 3.62. The highest BCUT2D eigenvalue weighted by atomic mass is 16.5. The number of hydrogen-bond donors (Lipinski definition) is 1. The van der Waals surface area contributed by atoms with Gasteiger partial charge < -0.3 is 19.7 Å². The van der Waals surface area contributed by atoms with E-state index >= 15 is 0 Å². The Hall–Kier alpha value is -1.75. The molecule has 1 N–H and O–H groups in total. The summed E-state index contributed by atoms with van der Waals surface area (Å²) in [6.07, 6.45) is 3.35. The van der Waals surface area contributed by atoms with Gasteiger partial charge in [0.15, 0.2) is 5.96 Å². The van der Waals surface area contributed by atoms with Crippen LogP contribution in [0.25, 0.3) is 0 Å². The highest BCUT2D eigenvalue weighted by Crippen LogP contribution is 2.13. The zero-order valence-corrected chi connectivity index (χ0v) is 15.7. The molecular weight excluding hydrogens is 302 g/mol. The average Bonchev–Trinajstić information content (AvgIpc) is 2.59. The van der Waals surface area contributed by atoms with Crippen molar-refractivity contribution in [1.82, 2.24) is 10.2 Å². The predicted octanol–water partition coefficient (Wildman–Crippen LogP) is 3.30. The number of unbranched alkanes of at least 4 members (excludes halogenated alkanes) is 2. The molecule has 5 heteroatoms. The standard InChI is InChI=1S/C19H33N3O2/c1-5-20-19(21-14-8-7-9-15-23-4)22(3)16-17-10-12-18(13-11-17)24-6-2/h10-13H,5-9,14-16H2,1-4H3,(H,20,21). The maximum Gasteiger partial charge on any atom is 0.193 e. The first-order valence-corrected chi connectivity index (χ1v) is 8.91. The van der Waals surface area contributed by atoms with Crippen LogP contribution in [-0.2, 0) is 11.3 Å². The van der Waals surface area contributed by atoms with Gasteiger partial charge in [0.1, 0.15) is 5.75 Å². The predicted molar refractivity (Wildman–Crippen MR) is 101 cm³/mol. The summed E-state index contributed by atoms with van der Waals surface area (Å²) in [5.41, 5.74) is 1.24. The molecule has 0 heterocycles. The Kier molecular flexibility index (Phi) is 10.7. The first-order valence-electron chi connectivity index (χ1n) is 8.91. The fourth-order valence-corrected chi connectivity index (χ4v) is 2.40. The number of rotatable bonds is 11. The number of methoxy groups -OCH3 is 1. The summed E-state index contributed by atoms with van der Waals surface area (Å²) < 4.78 is 10.6. The number of hydrogen-bond acceptors (Lipinski definition) is 3. The zero-order valence-electron chi connectivity index (χ0n) is 15.7. The fourth-order valence-electron chi connectivity index (χ4n) is 2.40. The quantitative estimate of drug-likeness (QED) is 0.383. The number of ether oxygens (including phenoxy) is 2. The largest absolute Gasteiger partial charge is 0.494 e. The molecular formula is C19H33N3O2. The van der Waals surface area contributed by atoms with Crippen molar-refractivity contribution < 1.29 is 9.47 Å². The third kappa shape index (κ3) is 8.20. The van der Waals surface area contributed by atoms with E-state index in [-0.39, 0.29) is 0 Å². The second kappa shape index (κ2) is 12.6. The first kappa shape index (κ1) is 20.3. The molecule has 0 unspecified atom stereocenters. The lowest BCUT2D eigenvalue weighted by Crippen LogP contribution is -2.38. The number of nitrogens with zero attached hydrogens (tertiary/aromatic N) is 2. The van der Waals surface area contributed by atoms with Gasteiger partial charge in [-0.2, -0.15) is 0 Å². The molecule has 136 valence electrons. The topological polar surface area (TPSA) is 46.1 Å². The normalized spacial score (nSPS) is 11.4. The van der Waals surface area contributed by atoms with Gasteiger partial charge >= 0.3 is 0 Å². The van der Waals surface area contributed by atoms with Crippen molar-refractivity contribution in [2.45, 2.75) is 39.7 Å². The van der Waals surface area contributed by atoms with Crippen molar-refractivity contribution >= 4 is 5.96 Å². The third-order valence-corrected chi connectivity index (χ3v) is 3.62. The van der Waals surface area contributed by atoms with Gasteiger partial charge in [-0.15, -0.1) is 0 Å². The van der Waals surface area contributed by atoms with E-state index in [0.29, 0.717) is 6.61 Å². The average molecular weight is 335 g/mol. The summed E-state index contributed by atoms with van der Waals surface area (Å²) >= 11 is 0. The van der Waals surface area contributed by atoms with Gasteiger partial charge in [0.05, 0.1) is 6.61 Å². The van der Waals surface area contributed by atoms with Crippen LogP contribution in [0.1, 0.15) is 38.7 Å². The Morgan fingerprint density at radius 1 is 1.12 bits per heavy atom. The molecule has 0 spiro atoms. The smallest absolute Gasteiger partial charge is 0.193 e. The zero-order chi connectivity index (χ0) is 17.6. The Labute approximate surface area is 147 Å². The van der Waals surface area contributed by atoms with Crippen LogP contribution in [0.15, 0.2) is 29.3 Å². The Morgan fingerprint density at radius 2 is 1.88 bits per heavy atom. The lowest BCUT2D eigenvalue weighted by atomic mass is 10.2. The van der Waals surface area contributed by atoms with Gasteiger partial charge in [-0.1, -0.05) is 12.1 Å². The van der Waals surface area contributed by atoms with E-state index in [0.717, 1.165) is 57.2 Å². The van der Waals surface area contributed by atoms with Gasteiger partial charge in [0, 0.05) is 40.4 Å². The number of aliphatic imine (C=N–C) groups is 1. The van der Waals surface area contributed by atoms with E-state index in [1.165, 1.54) is 5.56 Å². The maximum absolute atomic E-state index is 5.49. The van der Waals surface area contributed by atoms with Gasteiger partial charge in [-0.3, -0.25) is 4.99 Å². The molecule has 0 fully saturated rings. The van der Waals surface area contributed by atoms with Crippen molar-refractivity contribution in [2.75, 3.05) is 40.5 Å². The van der Waals surface area contributed by atoms with E-state index in [2.05, 4.69) is 36.3 Å². The van der Waals surface area contributed by atoms with Gasteiger partial charge in [0.2, 0.25) is 0 Å². The minimum absolute atomic E-state index is 0.695. The molecule has 24 heavy (non-hydrogen) atoms. The number of benzene rings is 1. The molecule has 0 aliphatic heterocycles. The molecule has 0 saturated heterocycles. The van der Waals surface area contributed by atoms with Crippen molar-refractivity contribution in [1.29, 1.82) is 0 Å². The van der Waals surface area contributed by atoms with E-state index in [1.54, 1.807) is 7.11 Å². The summed E-state index contributed by atoms with van der Waals surface area (Å²) in [5.74, 6) is 1.87. The fraction of sp³-hybridized carbons (Fsp3) is 0.632. The van der Waals surface area contributed by atoms with Crippen LogP contribution in [0.4, 0.5) is 0 Å². The van der Waals surface area contributed by atoms with Crippen LogP contribution in [0, 0.1) is 0 Å². The van der Waals surface area contributed by atoms with Crippen LogP contribution < -0.4 is 10.1 Å². The SMILES string of the molecule is CCNC(=NCCCCCOC)N(C)Cc1ccc(OCC)cc1. The Bertz CT molecular complexity index is 460. The summed E-state index contributed by atoms with van der Waals surface area (Å²) in [4.78, 5) is 6.88. The van der Waals surface area contributed by atoms with E-state index in [4.69, 9.17) is 14.5 Å². The van der Waals surface area contributed by atoms with Crippen LogP contribution in [0.2, 0.25) is 0 Å². The molecule has 0 aliphatic carbocycles. The van der Waals surface area contributed by atoms with Gasteiger partial charge in [-0.05, 0) is 50.8 Å². The highest BCUT2D eigenvalue weighted by molar-refractivity contribution is 5.79. The lowest BCUT2D eigenvalue weighted by Gasteiger charge is -2.22. The molecule has 5 nitrogen and oxygen atoms in total. The number of nitrogens with one attached hydrogen (secondary N) is 1. The summed E-state index contributed by atoms with van der Waals surface area (Å²) in [6.45, 7) is 8.16. The monoisotopic (exact) mass is 335 g/mol. The van der Waals surface area contributed by atoms with Crippen molar-refractivity contribution in [3.8, 4) is 5.75 Å². The second-order valence-electron chi connectivity index (χ2n) is 5.72. The molecule has 0 radical (unpaired) electrons. The minimum Gasteiger partial charge on any atom is -0.494 e. The minimum atomic E-state index is 0.695. The molecule has 1 aromatic carbocycles.